The van der Waals surface area contributed by atoms with Gasteiger partial charge in [-0.25, -0.2) is 0 Å². The zero-order valence-electron chi connectivity index (χ0n) is 18.6. The predicted molar refractivity (Wildman–Crippen MR) is 84.9 cm³/mol. The molecule has 0 aromatic carbocycles. The maximum atomic E-state index is 12.3. The Hall–Kier alpha value is -0.890. The summed E-state index contributed by atoms with van der Waals surface area (Å²) in [5.74, 6) is 0.364. The fourth-order valence-electron chi connectivity index (χ4n) is 4.40. The molecule has 2 atom stereocenters. The number of Topliss-reactive ketones (excluding diaryl/α,β-unsaturated/α-hetero) is 1. The molecule has 0 bridgehead atoms. The van der Waals surface area contributed by atoms with E-state index in [4.69, 9.17) is 8.22 Å². The monoisotopic (exact) mass is 294 g/mol. The Bertz CT molecular complexity index is 669. The summed E-state index contributed by atoms with van der Waals surface area (Å²) in [6.07, 6.45) is 10.2. The van der Waals surface area contributed by atoms with Gasteiger partial charge in [-0.2, -0.15) is 0 Å². The van der Waals surface area contributed by atoms with Gasteiger partial charge in [0.05, 0.1) is 5.60 Å². The molecule has 2 fully saturated rings. The van der Waals surface area contributed by atoms with Crippen molar-refractivity contribution in [1.82, 2.24) is 0 Å². The van der Waals surface area contributed by atoms with Gasteiger partial charge in [0.2, 0.25) is 0 Å². The van der Waals surface area contributed by atoms with Crippen LogP contribution in [-0.4, -0.2) is 16.5 Å². The highest BCUT2D eigenvalue weighted by Crippen LogP contribution is 2.65. The van der Waals surface area contributed by atoms with Gasteiger partial charge in [0.25, 0.3) is 0 Å². The number of allylic oxidation sites excluding steroid dienone is 3. The van der Waals surface area contributed by atoms with Gasteiger partial charge in [0.1, 0.15) is 5.78 Å². The summed E-state index contributed by atoms with van der Waals surface area (Å²) >= 11 is 0. The highest BCUT2D eigenvalue weighted by Gasteiger charge is 2.56. The third kappa shape index (κ3) is 2.63. The average Bonchev–Trinajstić information content (AvgIpc) is 3.19. The molecule has 0 aliphatic heterocycles. The van der Waals surface area contributed by atoms with Gasteiger partial charge < -0.3 is 5.11 Å². The van der Waals surface area contributed by atoms with Crippen LogP contribution in [-0.2, 0) is 4.79 Å². The molecular formula is C19H28O2. The molecule has 3 aliphatic rings. The van der Waals surface area contributed by atoms with Crippen molar-refractivity contribution in [2.24, 2.45) is 16.7 Å². The Morgan fingerprint density at radius 1 is 1.48 bits per heavy atom. The van der Waals surface area contributed by atoms with E-state index < -0.39 is 25.7 Å². The minimum atomic E-state index is -3.00. The maximum Gasteiger partial charge on any atom is 0.137 e. The highest BCUT2D eigenvalue weighted by atomic mass is 16.3. The molecule has 2 saturated carbocycles. The minimum Gasteiger partial charge on any atom is -0.390 e. The van der Waals surface area contributed by atoms with Gasteiger partial charge in [-0.1, -0.05) is 30.7 Å². The topological polar surface area (TPSA) is 37.3 Å². The van der Waals surface area contributed by atoms with Crippen molar-refractivity contribution in [3.8, 4) is 0 Å². The molecule has 3 rings (SSSR count). The number of hydrogen-bond acceptors (Lipinski definition) is 2. The summed E-state index contributed by atoms with van der Waals surface area (Å²) < 4.78 is 44.8. The SMILES string of the molecule is [2H]C([2H])([2H])C(O)(CC=CC1(C2=CC[C@H]3C(=O)CCC[C@@]23C)CC1)C([2H])([2H])[2H]. The number of fused-ring (bicyclic) bond motifs is 1. The smallest absolute Gasteiger partial charge is 0.137 e. The zero-order valence-corrected chi connectivity index (χ0v) is 12.6. The van der Waals surface area contributed by atoms with Gasteiger partial charge in [0, 0.05) is 26.0 Å². The Morgan fingerprint density at radius 2 is 2.24 bits per heavy atom. The fraction of sp³-hybridized carbons (Fsp3) is 0.737. The number of hydrogen-bond donors (Lipinski definition) is 1. The summed E-state index contributed by atoms with van der Waals surface area (Å²) in [6, 6.07) is 0. The summed E-state index contributed by atoms with van der Waals surface area (Å²) in [7, 11) is 0. The molecule has 1 N–H and O–H groups in total. The van der Waals surface area contributed by atoms with E-state index in [9.17, 15) is 9.90 Å². The van der Waals surface area contributed by atoms with Crippen LogP contribution < -0.4 is 0 Å². The molecule has 0 saturated heterocycles. The first-order chi connectivity index (χ1) is 12.3. The van der Waals surface area contributed by atoms with Crippen molar-refractivity contribution >= 4 is 5.78 Å². The lowest BCUT2D eigenvalue weighted by Crippen LogP contribution is -2.37. The third-order valence-electron chi connectivity index (χ3n) is 5.63. The van der Waals surface area contributed by atoms with E-state index >= 15 is 0 Å². The van der Waals surface area contributed by atoms with Crippen LogP contribution in [0.1, 0.15) is 73.8 Å². The van der Waals surface area contributed by atoms with Crippen molar-refractivity contribution in [3.63, 3.8) is 0 Å². The minimum absolute atomic E-state index is 0.0359. The lowest BCUT2D eigenvalue weighted by atomic mass is 9.63. The van der Waals surface area contributed by atoms with E-state index in [0.717, 1.165) is 32.1 Å². The molecule has 2 heteroatoms. The van der Waals surface area contributed by atoms with E-state index in [1.54, 1.807) is 0 Å². The van der Waals surface area contributed by atoms with Crippen LogP contribution in [0, 0.1) is 16.7 Å². The zero-order chi connectivity index (χ0) is 20.3. The second kappa shape index (κ2) is 4.81. The predicted octanol–water partition coefficient (Wildman–Crippen LogP) is 4.19. The summed E-state index contributed by atoms with van der Waals surface area (Å²) in [4.78, 5) is 12.3. The van der Waals surface area contributed by atoms with Crippen LogP contribution in [0.25, 0.3) is 0 Å². The molecule has 2 nitrogen and oxygen atoms in total. The van der Waals surface area contributed by atoms with Gasteiger partial charge in [-0.15, -0.1) is 0 Å². The molecule has 0 amide bonds. The molecule has 0 radical (unpaired) electrons. The van der Waals surface area contributed by atoms with Crippen molar-refractivity contribution in [2.75, 3.05) is 0 Å². The normalized spacial score (nSPS) is 40.4. The van der Waals surface area contributed by atoms with Gasteiger partial charge in [-0.05, 0) is 57.6 Å². The Balaban J connectivity index is 1.81. The Kier molecular flexibility index (Phi) is 2.13. The van der Waals surface area contributed by atoms with E-state index in [1.165, 1.54) is 11.6 Å². The van der Waals surface area contributed by atoms with E-state index in [0.29, 0.717) is 12.2 Å². The quantitative estimate of drug-likeness (QED) is 0.789. The molecule has 0 unspecified atom stereocenters. The molecule has 0 heterocycles. The second-order valence-electron chi connectivity index (χ2n) is 7.27. The molecule has 0 spiro atoms. The summed E-state index contributed by atoms with van der Waals surface area (Å²) in [6.45, 7) is -3.85. The van der Waals surface area contributed by atoms with Crippen LogP contribution >= 0.6 is 0 Å². The van der Waals surface area contributed by atoms with E-state index in [2.05, 4.69) is 13.0 Å². The van der Waals surface area contributed by atoms with Crippen LogP contribution in [0.3, 0.4) is 0 Å². The van der Waals surface area contributed by atoms with Gasteiger partial charge in [0.15, 0.2) is 0 Å². The number of rotatable bonds is 4. The number of carbonyl (C=O) groups is 1. The molecule has 116 valence electrons. The first-order valence-corrected chi connectivity index (χ1v) is 7.91. The van der Waals surface area contributed by atoms with Crippen LogP contribution in [0.4, 0.5) is 0 Å². The summed E-state index contributed by atoms with van der Waals surface area (Å²) in [5, 5.41) is 10.4. The maximum absolute atomic E-state index is 12.3. The number of aliphatic hydroxyl groups is 1. The van der Waals surface area contributed by atoms with Crippen molar-refractivity contribution in [3.05, 3.63) is 23.8 Å². The number of carbonyl (C=O) groups excluding carboxylic acids is 1. The lowest BCUT2D eigenvalue weighted by molar-refractivity contribution is -0.128. The van der Waals surface area contributed by atoms with Gasteiger partial charge >= 0.3 is 0 Å². The largest absolute Gasteiger partial charge is 0.390 e. The van der Waals surface area contributed by atoms with Crippen LogP contribution in [0.2, 0.25) is 0 Å². The highest BCUT2D eigenvalue weighted by molar-refractivity contribution is 5.84. The molecular weight excluding hydrogens is 260 g/mol. The van der Waals surface area contributed by atoms with Crippen LogP contribution in [0.15, 0.2) is 23.8 Å². The first-order valence-electron chi connectivity index (χ1n) is 10.9. The third-order valence-corrected chi connectivity index (χ3v) is 5.63. The Labute approximate surface area is 136 Å². The van der Waals surface area contributed by atoms with Crippen molar-refractivity contribution in [2.45, 2.75) is 71.2 Å². The van der Waals surface area contributed by atoms with Crippen molar-refractivity contribution < 1.29 is 18.1 Å². The van der Waals surface area contributed by atoms with Crippen molar-refractivity contribution in [1.29, 1.82) is 0 Å². The fourth-order valence-corrected chi connectivity index (χ4v) is 4.40. The molecule has 0 aromatic heterocycles. The van der Waals surface area contributed by atoms with Gasteiger partial charge in [-0.3, -0.25) is 4.79 Å². The molecule has 3 aliphatic carbocycles. The molecule has 21 heavy (non-hydrogen) atoms. The van der Waals surface area contributed by atoms with E-state index in [-0.39, 0.29) is 16.7 Å². The summed E-state index contributed by atoms with van der Waals surface area (Å²) in [5.41, 5.74) is -1.88. The lowest BCUT2D eigenvalue weighted by Gasteiger charge is -2.40. The standard InChI is InChI=1S/C19H28O2/c1-17(2,21)9-5-11-19(12-13-19)16-8-7-14-15(20)6-4-10-18(14,16)3/h5,8,11,14,21H,4,6-7,9-10,12-13H2,1-3H3/t14-,18+/m0/s1/i1D3,2D3. The second-order valence-corrected chi connectivity index (χ2v) is 7.27. The van der Waals surface area contributed by atoms with E-state index in [1.807, 2.05) is 6.08 Å². The molecule has 0 aromatic rings. The average molecular weight is 294 g/mol. The Morgan fingerprint density at radius 3 is 2.90 bits per heavy atom. The van der Waals surface area contributed by atoms with Crippen LogP contribution in [0.5, 0.6) is 0 Å². The first kappa shape index (κ1) is 9.29. The number of ketones is 1.